The first-order valence-electron chi connectivity index (χ1n) is 10.6. The van der Waals surface area contributed by atoms with Crippen LogP contribution in [0.4, 0.5) is 4.39 Å². The van der Waals surface area contributed by atoms with Crippen molar-refractivity contribution >= 4 is 5.96 Å². The molecule has 1 saturated heterocycles. The zero-order chi connectivity index (χ0) is 20.5. The minimum Gasteiger partial charge on any atom is -0.356 e. The lowest BCUT2D eigenvalue weighted by Gasteiger charge is -2.18. The predicted octanol–water partition coefficient (Wildman–Crippen LogP) is 3.41. The molecule has 5 heteroatoms. The Labute approximate surface area is 174 Å². The number of hydrogen-bond acceptors (Lipinski definition) is 2. The molecule has 0 aromatic heterocycles. The SMILES string of the molecule is CN=C(NCCc1ccc(F)cc1C)NCC1CCN(CCc2ccccc2)C1. The molecular formula is C24H33FN4. The van der Waals surface area contributed by atoms with Gasteiger partial charge < -0.3 is 15.5 Å². The van der Waals surface area contributed by atoms with Crippen LogP contribution in [0.5, 0.6) is 0 Å². The van der Waals surface area contributed by atoms with Crippen molar-refractivity contribution in [2.45, 2.75) is 26.2 Å². The van der Waals surface area contributed by atoms with Gasteiger partial charge in [0.05, 0.1) is 0 Å². The maximum absolute atomic E-state index is 13.2. The maximum atomic E-state index is 13.2. The summed E-state index contributed by atoms with van der Waals surface area (Å²) in [5.41, 5.74) is 3.57. The van der Waals surface area contributed by atoms with E-state index >= 15 is 0 Å². The summed E-state index contributed by atoms with van der Waals surface area (Å²) in [6, 6.07) is 15.7. The second-order valence-corrected chi connectivity index (χ2v) is 7.89. The first kappa shape index (κ1) is 21.3. The first-order valence-corrected chi connectivity index (χ1v) is 10.6. The van der Waals surface area contributed by atoms with Crippen LogP contribution in [0.3, 0.4) is 0 Å². The summed E-state index contributed by atoms with van der Waals surface area (Å²) in [6.45, 7) is 7.12. The molecular weight excluding hydrogens is 363 g/mol. The van der Waals surface area contributed by atoms with Crippen LogP contribution in [0.2, 0.25) is 0 Å². The maximum Gasteiger partial charge on any atom is 0.190 e. The molecule has 1 unspecified atom stereocenters. The van der Waals surface area contributed by atoms with Crippen molar-refractivity contribution in [1.29, 1.82) is 0 Å². The van der Waals surface area contributed by atoms with E-state index in [4.69, 9.17) is 0 Å². The monoisotopic (exact) mass is 396 g/mol. The Bertz CT molecular complexity index is 791. The first-order chi connectivity index (χ1) is 14.1. The lowest BCUT2D eigenvalue weighted by Crippen LogP contribution is -2.41. The smallest absolute Gasteiger partial charge is 0.190 e. The van der Waals surface area contributed by atoms with Gasteiger partial charge in [-0.3, -0.25) is 4.99 Å². The van der Waals surface area contributed by atoms with Crippen LogP contribution in [0.25, 0.3) is 0 Å². The van der Waals surface area contributed by atoms with Gasteiger partial charge in [-0.1, -0.05) is 36.4 Å². The van der Waals surface area contributed by atoms with E-state index in [1.165, 1.54) is 30.2 Å². The minimum absolute atomic E-state index is 0.175. The molecule has 156 valence electrons. The molecule has 1 heterocycles. The Morgan fingerprint density at radius 2 is 1.97 bits per heavy atom. The quantitative estimate of drug-likeness (QED) is 0.531. The molecule has 1 atom stereocenters. The molecule has 0 radical (unpaired) electrons. The van der Waals surface area contributed by atoms with Crippen LogP contribution in [0.1, 0.15) is 23.1 Å². The standard InChI is InChI=1S/C24H33FN4/c1-19-16-23(25)9-8-22(19)10-13-27-24(26-2)28-17-21-12-15-29(18-21)14-11-20-6-4-3-5-7-20/h3-9,16,21H,10-15,17-18H2,1-2H3,(H2,26,27,28). The van der Waals surface area contributed by atoms with Gasteiger partial charge in [-0.2, -0.15) is 0 Å². The van der Waals surface area contributed by atoms with Crippen molar-refractivity contribution in [2.75, 3.05) is 39.8 Å². The van der Waals surface area contributed by atoms with E-state index in [9.17, 15) is 4.39 Å². The number of nitrogens with zero attached hydrogens (tertiary/aromatic N) is 2. The Hall–Kier alpha value is -2.40. The third-order valence-electron chi connectivity index (χ3n) is 5.70. The molecule has 0 bridgehead atoms. The van der Waals surface area contributed by atoms with Gasteiger partial charge in [-0.25, -0.2) is 4.39 Å². The molecule has 1 fully saturated rings. The summed E-state index contributed by atoms with van der Waals surface area (Å²) in [5, 5.41) is 6.84. The molecule has 0 saturated carbocycles. The number of aryl methyl sites for hydroxylation is 1. The zero-order valence-corrected chi connectivity index (χ0v) is 17.6. The molecule has 4 nitrogen and oxygen atoms in total. The van der Waals surface area contributed by atoms with Gasteiger partial charge in [-0.15, -0.1) is 0 Å². The molecule has 3 rings (SSSR count). The molecule has 1 aliphatic heterocycles. The number of likely N-dealkylation sites (tertiary alicyclic amines) is 1. The van der Waals surface area contributed by atoms with Crippen LogP contribution in [0, 0.1) is 18.7 Å². The minimum atomic E-state index is -0.175. The second-order valence-electron chi connectivity index (χ2n) is 7.89. The lowest BCUT2D eigenvalue weighted by atomic mass is 10.1. The molecule has 0 aliphatic carbocycles. The molecule has 29 heavy (non-hydrogen) atoms. The van der Waals surface area contributed by atoms with Crippen molar-refractivity contribution in [1.82, 2.24) is 15.5 Å². The van der Waals surface area contributed by atoms with E-state index in [0.29, 0.717) is 5.92 Å². The Kier molecular flexibility index (Phi) is 8.05. The van der Waals surface area contributed by atoms with Crippen molar-refractivity contribution < 1.29 is 4.39 Å². The van der Waals surface area contributed by atoms with Crippen LogP contribution in [-0.2, 0) is 12.8 Å². The average Bonchev–Trinajstić information content (AvgIpc) is 3.19. The van der Waals surface area contributed by atoms with Crippen molar-refractivity contribution in [3.63, 3.8) is 0 Å². The lowest BCUT2D eigenvalue weighted by molar-refractivity contribution is 0.328. The molecule has 2 aromatic carbocycles. The van der Waals surface area contributed by atoms with Gasteiger partial charge in [0.25, 0.3) is 0 Å². The second kappa shape index (κ2) is 11.0. The third-order valence-corrected chi connectivity index (χ3v) is 5.70. The molecule has 1 aliphatic rings. The summed E-state index contributed by atoms with van der Waals surface area (Å²) in [7, 11) is 1.80. The van der Waals surface area contributed by atoms with E-state index in [0.717, 1.165) is 50.5 Å². The third kappa shape index (κ3) is 6.86. The highest BCUT2D eigenvalue weighted by atomic mass is 19.1. The van der Waals surface area contributed by atoms with E-state index < -0.39 is 0 Å². The number of benzene rings is 2. The van der Waals surface area contributed by atoms with Gasteiger partial charge >= 0.3 is 0 Å². The summed E-state index contributed by atoms with van der Waals surface area (Å²) < 4.78 is 13.2. The number of guanidine groups is 1. The highest BCUT2D eigenvalue weighted by Gasteiger charge is 2.22. The normalized spacial score (nSPS) is 17.5. The molecule has 2 aromatic rings. The Morgan fingerprint density at radius 3 is 2.72 bits per heavy atom. The van der Waals surface area contributed by atoms with Crippen molar-refractivity contribution in [3.8, 4) is 0 Å². The number of nitrogens with one attached hydrogen (secondary N) is 2. The van der Waals surface area contributed by atoms with Gasteiger partial charge in [0.1, 0.15) is 5.82 Å². The number of hydrogen-bond donors (Lipinski definition) is 2. The molecule has 0 amide bonds. The fourth-order valence-electron chi connectivity index (χ4n) is 3.93. The van der Waals surface area contributed by atoms with E-state index in [-0.39, 0.29) is 5.82 Å². The summed E-state index contributed by atoms with van der Waals surface area (Å²) in [5.74, 6) is 1.32. The molecule has 0 spiro atoms. The topological polar surface area (TPSA) is 39.7 Å². The van der Waals surface area contributed by atoms with Crippen LogP contribution >= 0.6 is 0 Å². The van der Waals surface area contributed by atoms with Crippen molar-refractivity contribution in [3.05, 3.63) is 71.0 Å². The van der Waals surface area contributed by atoms with Crippen LogP contribution in [0.15, 0.2) is 53.5 Å². The van der Waals surface area contributed by atoms with E-state index in [1.807, 2.05) is 13.0 Å². The number of rotatable bonds is 8. The largest absolute Gasteiger partial charge is 0.356 e. The van der Waals surface area contributed by atoms with Crippen LogP contribution in [-0.4, -0.2) is 50.6 Å². The van der Waals surface area contributed by atoms with Crippen LogP contribution < -0.4 is 10.6 Å². The fourth-order valence-corrected chi connectivity index (χ4v) is 3.93. The summed E-state index contributed by atoms with van der Waals surface area (Å²) >= 11 is 0. The van der Waals surface area contributed by atoms with Gasteiger partial charge in [0, 0.05) is 33.2 Å². The Morgan fingerprint density at radius 1 is 1.14 bits per heavy atom. The van der Waals surface area contributed by atoms with Gasteiger partial charge in [0.15, 0.2) is 5.96 Å². The number of aliphatic imine (C=N–C) groups is 1. The predicted molar refractivity (Wildman–Crippen MR) is 119 cm³/mol. The van der Waals surface area contributed by atoms with Gasteiger partial charge in [0.2, 0.25) is 0 Å². The van der Waals surface area contributed by atoms with Crippen molar-refractivity contribution in [2.24, 2.45) is 10.9 Å². The highest BCUT2D eigenvalue weighted by molar-refractivity contribution is 5.79. The number of halogens is 1. The summed E-state index contributed by atoms with van der Waals surface area (Å²) in [6.07, 6.45) is 3.20. The highest BCUT2D eigenvalue weighted by Crippen LogP contribution is 2.16. The fraction of sp³-hybridized carbons (Fsp3) is 0.458. The van der Waals surface area contributed by atoms with E-state index in [2.05, 4.69) is 50.9 Å². The van der Waals surface area contributed by atoms with Gasteiger partial charge in [-0.05, 0) is 67.5 Å². The average molecular weight is 397 g/mol. The summed E-state index contributed by atoms with van der Waals surface area (Å²) in [4.78, 5) is 6.89. The zero-order valence-electron chi connectivity index (χ0n) is 17.6. The molecule has 2 N–H and O–H groups in total. The van der Waals surface area contributed by atoms with E-state index in [1.54, 1.807) is 13.1 Å². The Balaban J connectivity index is 1.34.